The summed E-state index contributed by atoms with van der Waals surface area (Å²) in [6, 6.07) is 9.80. The van der Waals surface area contributed by atoms with Crippen molar-refractivity contribution in [2.75, 3.05) is 40.0 Å². The van der Waals surface area contributed by atoms with Crippen molar-refractivity contribution < 1.29 is 24.2 Å². The van der Waals surface area contributed by atoms with Crippen molar-refractivity contribution >= 4 is 11.9 Å². The Bertz CT molecular complexity index is 435. The van der Waals surface area contributed by atoms with E-state index in [0.29, 0.717) is 19.6 Å². The molecule has 0 aromatic heterocycles. The lowest BCUT2D eigenvalue weighted by Gasteiger charge is -2.20. The first-order chi connectivity index (χ1) is 10.1. The lowest BCUT2D eigenvalue weighted by Crippen LogP contribution is -2.40. The minimum Gasteiger partial charge on any atom is -0.480 e. The van der Waals surface area contributed by atoms with Gasteiger partial charge in [0.15, 0.2) is 0 Å². The van der Waals surface area contributed by atoms with Crippen molar-refractivity contribution in [1.82, 2.24) is 4.90 Å². The van der Waals surface area contributed by atoms with Gasteiger partial charge in [-0.1, -0.05) is 30.3 Å². The summed E-state index contributed by atoms with van der Waals surface area (Å²) in [7, 11) is 1.50. The highest BCUT2D eigenvalue weighted by Crippen LogP contribution is 2.00. The van der Waals surface area contributed by atoms with Gasteiger partial charge in [0.2, 0.25) is 5.91 Å². The van der Waals surface area contributed by atoms with Crippen LogP contribution in [0.4, 0.5) is 0 Å². The molecule has 0 unspecified atom stereocenters. The Morgan fingerprint density at radius 2 is 1.90 bits per heavy atom. The zero-order chi connectivity index (χ0) is 15.5. The van der Waals surface area contributed by atoms with E-state index in [2.05, 4.69) is 0 Å². The molecule has 1 aromatic carbocycles. The maximum Gasteiger partial charge on any atom is 0.323 e. The molecule has 0 aliphatic rings. The van der Waals surface area contributed by atoms with Crippen LogP contribution in [-0.2, 0) is 25.5 Å². The Hall–Kier alpha value is -1.92. The van der Waals surface area contributed by atoms with E-state index in [9.17, 15) is 9.59 Å². The summed E-state index contributed by atoms with van der Waals surface area (Å²) in [6.07, 6.45) is 0.713. The van der Waals surface area contributed by atoms with Crippen molar-refractivity contribution in [3.63, 3.8) is 0 Å². The maximum absolute atomic E-state index is 11.9. The molecule has 21 heavy (non-hydrogen) atoms. The second kappa shape index (κ2) is 9.90. The normalized spacial score (nSPS) is 10.3. The predicted molar refractivity (Wildman–Crippen MR) is 77.1 cm³/mol. The lowest BCUT2D eigenvalue weighted by atomic mass is 10.2. The second-order valence-electron chi connectivity index (χ2n) is 4.49. The van der Waals surface area contributed by atoms with Crippen LogP contribution in [0.1, 0.15) is 5.56 Å². The van der Waals surface area contributed by atoms with Crippen LogP contribution in [0, 0.1) is 0 Å². The first kappa shape index (κ1) is 17.1. The SMILES string of the molecule is COCCN(CC(=O)O)C(=O)COCCc1ccccc1. The summed E-state index contributed by atoms with van der Waals surface area (Å²) < 4.78 is 10.2. The first-order valence-electron chi connectivity index (χ1n) is 6.73. The van der Waals surface area contributed by atoms with E-state index >= 15 is 0 Å². The van der Waals surface area contributed by atoms with Crippen LogP contribution in [0.5, 0.6) is 0 Å². The Labute approximate surface area is 124 Å². The molecule has 6 nitrogen and oxygen atoms in total. The van der Waals surface area contributed by atoms with Gasteiger partial charge < -0.3 is 19.5 Å². The van der Waals surface area contributed by atoms with Crippen LogP contribution >= 0.6 is 0 Å². The summed E-state index contributed by atoms with van der Waals surface area (Å²) in [6.45, 7) is 0.488. The number of carbonyl (C=O) groups excluding carboxylic acids is 1. The van der Waals surface area contributed by atoms with E-state index in [-0.39, 0.29) is 25.6 Å². The molecule has 6 heteroatoms. The number of nitrogens with zero attached hydrogens (tertiary/aromatic N) is 1. The molecule has 0 bridgehead atoms. The van der Waals surface area contributed by atoms with E-state index in [1.807, 2.05) is 30.3 Å². The van der Waals surface area contributed by atoms with Gasteiger partial charge in [0.1, 0.15) is 13.2 Å². The van der Waals surface area contributed by atoms with Crippen molar-refractivity contribution in [2.24, 2.45) is 0 Å². The lowest BCUT2D eigenvalue weighted by molar-refractivity contribution is -0.147. The quantitative estimate of drug-likeness (QED) is 0.646. The van der Waals surface area contributed by atoms with E-state index in [0.717, 1.165) is 5.56 Å². The summed E-state index contributed by atoms with van der Waals surface area (Å²) in [4.78, 5) is 23.8. The Balaban J connectivity index is 2.30. The standard InChI is InChI=1S/C15H21NO5/c1-20-10-8-16(11-15(18)19)14(17)12-21-9-7-13-5-3-2-4-6-13/h2-6H,7-12H2,1H3,(H,18,19). The van der Waals surface area contributed by atoms with Gasteiger partial charge in [0, 0.05) is 13.7 Å². The number of carboxylic acid groups (broad SMARTS) is 1. The van der Waals surface area contributed by atoms with Gasteiger partial charge in [-0.2, -0.15) is 0 Å². The molecule has 0 aliphatic heterocycles. The Kier molecular flexibility index (Phi) is 8.08. The second-order valence-corrected chi connectivity index (χ2v) is 4.49. The van der Waals surface area contributed by atoms with E-state index < -0.39 is 5.97 Å². The molecule has 0 saturated carbocycles. The van der Waals surface area contributed by atoms with Gasteiger partial charge in [-0.15, -0.1) is 0 Å². The summed E-state index contributed by atoms with van der Waals surface area (Å²) >= 11 is 0. The average Bonchev–Trinajstić information content (AvgIpc) is 2.48. The molecule has 0 fully saturated rings. The van der Waals surface area contributed by atoms with Crippen LogP contribution in [0.3, 0.4) is 0 Å². The first-order valence-corrected chi connectivity index (χ1v) is 6.73. The third-order valence-electron chi connectivity index (χ3n) is 2.85. The Morgan fingerprint density at radius 3 is 2.52 bits per heavy atom. The third kappa shape index (κ3) is 7.43. The minimum absolute atomic E-state index is 0.121. The van der Waals surface area contributed by atoms with Crippen molar-refractivity contribution in [2.45, 2.75) is 6.42 Å². The van der Waals surface area contributed by atoms with Crippen LogP contribution in [0.15, 0.2) is 30.3 Å². The monoisotopic (exact) mass is 295 g/mol. The van der Waals surface area contributed by atoms with Crippen molar-refractivity contribution in [3.8, 4) is 0 Å². The number of hydrogen-bond acceptors (Lipinski definition) is 4. The summed E-state index contributed by atoms with van der Waals surface area (Å²) in [5, 5.41) is 8.78. The number of hydrogen-bond donors (Lipinski definition) is 1. The fraction of sp³-hybridized carbons (Fsp3) is 0.467. The number of methoxy groups -OCH3 is 1. The smallest absolute Gasteiger partial charge is 0.323 e. The van der Waals surface area contributed by atoms with Crippen molar-refractivity contribution in [1.29, 1.82) is 0 Å². The average molecular weight is 295 g/mol. The molecule has 0 aliphatic carbocycles. The van der Waals surface area contributed by atoms with Crippen LogP contribution in [0.25, 0.3) is 0 Å². The fourth-order valence-corrected chi connectivity index (χ4v) is 1.74. The highest BCUT2D eigenvalue weighted by Gasteiger charge is 2.16. The summed E-state index contributed by atoms with van der Waals surface area (Å²) in [5.74, 6) is -1.40. The molecule has 1 N–H and O–H groups in total. The maximum atomic E-state index is 11.9. The van der Waals surface area contributed by atoms with Gasteiger partial charge in [0.05, 0.1) is 13.2 Å². The van der Waals surface area contributed by atoms with Gasteiger partial charge in [-0.05, 0) is 12.0 Å². The molecular formula is C15H21NO5. The Morgan fingerprint density at radius 1 is 1.19 bits per heavy atom. The highest BCUT2D eigenvalue weighted by atomic mass is 16.5. The van der Waals surface area contributed by atoms with Crippen molar-refractivity contribution in [3.05, 3.63) is 35.9 Å². The van der Waals surface area contributed by atoms with Gasteiger partial charge in [0.25, 0.3) is 0 Å². The van der Waals surface area contributed by atoms with Gasteiger partial charge in [-0.25, -0.2) is 0 Å². The van der Waals surface area contributed by atoms with E-state index in [1.165, 1.54) is 12.0 Å². The molecule has 0 saturated heterocycles. The van der Waals surface area contributed by atoms with Crippen LogP contribution in [-0.4, -0.2) is 61.9 Å². The van der Waals surface area contributed by atoms with Crippen LogP contribution < -0.4 is 0 Å². The molecule has 1 amide bonds. The largest absolute Gasteiger partial charge is 0.480 e. The molecule has 0 spiro atoms. The van der Waals surface area contributed by atoms with E-state index in [1.54, 1.807) is 0 Å². The molecule has 116 valence electrons. The number of carboxylic acids is 1. The summed E-state index contributed by atoms with van der Waals surface area (Å²) in [5.41, 5.74) is 1.13. The predicted octanol–water partition coefficient (Wildman–Crippen LogP) is 0.805. The number of benzene rings is 1. The molecule has 1 rings (SSSR count). The van der Waals surface area contributed by atoms with E-state index in [4.69, 9.17) is 14.6 Å². The third-order valence-corrected chi connectivity index (χ3v) is 2.85. The number of rotatable bonds is 10. The topological polar surface area (TPSA) is 76.1 Å². The number of aliphatic carboxylic acids is 1. The minimum atomic E-state index is -1.05. The molecule has 1 aromatic rings. The van der Waals surface area contributed by atoms with Gasteiger partial charge in [-0.3, -0.25) is 9.59 Å². The fourth-order valence-electron chi connectivity index (χ4n) is 1.74. The molecule has 0 heterocycles. The number of ether oxygens (including phenoxy) is 2. The highest BCUT2D eigenvalue weighted by molar-refractivity contribution is 5.82. The number of carbonyl (C=O) groups is 2. The zero-order valence-corrected chi connectivity index (χ0v) is 12.2. The zero-order valence-electron chi connectivity index (χ0n) is 12.2. The molecular weight excluding hydrogens is 274 g/mol. The van der Waals surface area contributed by atoms with Gasteiger partial charge >= 0.3 is 5.97 Å². The molecule has 0 atom stereocenters. The number of amides is 1. The van der Waals surface area contributed by atoms with Crippen LogP contribution in [0.2, 0.25) is 0 Å². The molecule has 0 radical (unpaired) electrons.